The van der Waals surface area contributed by atoms with E-state index >= 15 is 0 Å². The second-order valence-corrected chi connectivity index (χ2v) is 4.18. The zero-order valence-corrected chi connectivity index (χ0v) is 11.0. The van der Waals surface area contributed by atoms with Gasteiger partial charge in [-0.3, -0.25) is 9.89 Å². The number of aromatic amines is 1. The average Bonchev–Trinajstić information content (AvgIpc) is 2.88. The minimum absolute atomic E-state index is 0.0587. The monoisotopic (exact) mass is 275 g/mol. The molecule has 4 N–H and O–H groups in total. The summed E-state index contributed by atoms with van der Waals surface area (Å²) in [6.45, 7) is 0.801. The Labute approximate surface area is 116 Å². The van der Waals surface area contributed by atoms with Gasteiger partial charge in [0.1, 0.15) is 11.6 Å². The van der Waals surface area contributed by atoms with Crippen LogP contribution in [0.25, 0.3) is 0 Å². The molecule has 0 fully saturated rings. The molecule has 0 atom stereocenters. The van der Waals surface area contributed by atoms with Crippen LogP contribution in [0.3, 0.4) is 0 Å². The van der Waals surface area contributed by atoms with Crippen molar-refractivity contribution in [3.05, 3.63) is 36.2 Å². The molecule has 106 valence electrons. The van der Waals surface area contributed by atoms with Crippen molar-refractivity contribution in [2.24, 2.45) is 0 Å². The number of ether oxygens (including phenoxy) is 1. The van der Waals surface area contributed by atoms with Gasteiger partial charge in [0.05, 0.1) is 13.2 Å². The highest BCUT2D eigenvalue weighted by atomic mass is 16.5. The van der Waals surface area contributed by atoms with Crippen molar-refractivity contribution in [1.29, 1.82) is 0 Å². The van der Waals surface area contributed by atoms with Gasteiger partial charge in [0, 0.05) is 6.42 Å². The molecule has 20 heavy (non-hydrogen) atoms. The Hall–Kier alpha value is -2.57. The van der Waals surface area contributed by atoms with Crippen molar-refractivity contribution in [2.75, 3.05) is 12.3 Å². The number of hydrogen-bond donors (Lipinski definition) is 3. The lowest BCUT2D eigenvalue weighted by atomic mass is 10.3. The summed E-state index contributed by atoms with van der Waals surface area (Å²) in [5, 5.41) is 9.03. The molecule has 1 aromatic carbocycles. The minimum atomic E-state index is -0.0587. The highest BCUT2D eigenvalue weighted by Crippen LogP contribution is 2.08. The fourth-order valence-corrected chi connectivity index (χ4v) is 1.60. The molecule has 0 saturated carbocycles. The van der Waals surface area contributed by atoms with E-state index < -0.39 is 0 Å². The van der Waals surface area contributed by atoms with Gasteiger partial charge in [-0.25, -0.2) is 0 Å². The van der Waals surface area contributed by atoms with E-state index in [-0.39, 0.29) is 11.9 Å². The predicted octanol–water partition coefficient (Wildman–Crippen LogP) is 0.862. The summed E-state index contributed by atoms with van der Waals surface area (Å²) in [6, 6.07) is 9.51. The van der Waals surface area contributed by atoms with Gasteiger partial charge in [-0.05, 0) is 18.6 Å². The molecule has 2 aromatic rings. The van der Waals surface area contributed by atoms with Gasteiger partial charge in [-0.2, -0.15) is 4.98 Å². The molecule has 0 saturated heterocycles. The van der Waals surface area contributed by atoms with Crippen LogP contribution in [-0.2, 0) is 11.3 Å². The predicted molar refractivity (Wildman–Crippen MR) is 73.8 cm³/mol. The number of carbonyl (C=O) groups excluding carboxylic acids is 1. The number of nitrogens with zero attached hydrogens (tertiary/aromatic N) is 2. The number of nitrogens with one attached hydrogen (secondary N) is 2. The first-order chi connectivity index (χ1) is 9.74. The van der Waals surface area contributed by atoms with Crippen LogP contribution in [0.15, 0.2) is 30.3 Å². The van der Waals surface area contributed by atoms with E-state index in [9.17, 15) is 4.79 Å². The van der Waals surface area contributed by atoms with Crippen molar-refractivity contribution >= 4 is 11.9 Å². The summed E-state index contributed by atoms with van der Waals surface area (Å²) in [4.78, 5) is 15.5. The molecule has 0 aliphatic rings. The second kappa shape index (κ2) is 7.13. The molecule has 1 aromatic heterocycles. The number of para-hydroxylation sites is 1. The molecule has 0 bridgehead atoms. The largest absolute Gasteiger partial charge is 0.494 e. The molecule has 1 heterocycles. The van der Waals surface area contributed by atoms with Gasteiger partial charge in [-0.1, -0.05) is 18.2 Å². The molecule has 0 aliphatic heterocycles. The molecular formula is C13H17N5O2. The van der Waals surface area contributed by atoms with Gasteiger partial charge >= 0.3 is 0 Å². The van der Waals surface area contributed by atoms with E-state index in [2.05, 4.69) is 20.5 Å². The third kappa shape index (κ3) is 4.60. The molecule has 0 radical (unpaired) electrons. The Balaban J connectivity index is 1.58. The maximum Gasteiger partial charge on any atom is 0.239 e. The standard InChI is InChI=1S/C13H17N5O2/c14-13-16-11(17-18-13)9-15-12(19)7-4-8-20-10-5-2-1-3-6-10/h1-3,5-6H,4,7-9H2,(H,15,19)(H3,14,16,17,18). The van der Waals surface area contributed by atoms with Gasteiger partial charge < -0.3 is 15.8 Å². The molecule has 0 aliphatic carbocycles. The van der Waals surface area contributed by atoms with Crippen LogP contribution in [0.1, 0.15) is 18.7 Å². The number of nitrogen functional groups attached to an aromatic ring is 1. The second-order valence-electron chi connectivity index (χ2n) is 4.18. The first-order valence-corrected chi connectivity index (χ1v) is 6.35. The highest BCUT2D eigenvalue weighted by Gasteiger charge is 2.04. The van der Waals surface area contributed by atoms with E-state index in [1.54, 1.807) is 0 Å². The summed E-state index contributed by atoms with van der Waals surface area (Å²) in [6.07, 6.45) is 1.05. The van der Waals surface area contributed by atoms with Crippen LogP contribution in [0.5, 0.6) is 5.75 Å². The van der Waals surface area contributed by atoms with Crippen LogP contribution in [0.4, 0.5) is 5.95 Å². The number of rotatable bonds is 7. The first kappa shape index (κ1) is 13.9. The van der Waals surface area contributed by atoms with Crippen molar-refractivity contribution in [3.8, 4) is 5.75 Å². The fourth-order valence-electron chi connectivity index (χ4n) is 1.60. The van der Waals surface area contributed by atoms with Crippen molar-refractivity contribution in [2.45, 2.75) is 19.4 Å². The first-order valence-electron chi connectivity index (χ1n) is 6.35. The highest BCUT2D eigenvalue weighted by molar-refractivity contribution is 5.75. The third-order valence-electron chi connectivity index (χ3n) is 2.56. The molecule has 1 amide bonds. The summed E-state index contributed by atoms with van der Waals surface area (Å²) in [7, 11) is 0. The molecule has 7 nitrogen and oxygen atoms in total. The zero-order chi connectivity index (χ0) is 14.2. The van der Waals surface area contributed by atoms with Gasteiger partial charge in [-0.15, -0.1) is 5.10 Å². The lowest BCUT2D eigenvalue weighted by Gasteiger charge is -2.06. The van der Waals surface area contributed by atoms with Crippen molar-refractivity contribution < 1.29 is 9.53 Å². The number of hydrogen-bond acceptors (Lipinski definition) is 5. The maximum absolute atomic E-state index is 11.6. The SMILES string of the molecule is Nc1n[nH]c(CNC(=O)CCCOc2ccccc2)n1. The minimum Gasteiger partial charge on any atom is -0.494 e. The van der Waals surface area contributed by atoms with E-state index in [0.29, 0.717) is 31.8 Å². The third-order valence-corrected chi connectivity index (χ3v) is 2.56. The van der Waals surface area contributed by atoms with Gasteiger partial charge in [0.25, 0.3) is 0 Å². The number of H-pyrrole nitrogens is 1. The zero-order valence-electron chi connectivity index (χ0n) is 11.0. The average molecular weight is 275 g/mol. The topological polar surface area (TPSA) is 106 Å². The van der Waals surface area contributed by atoms with Crippen LogP contribution >= 0.6 is 0 Å². The Bertz CT molecular complexity index is 541. The molecule has 0 unspecified atom stereocenters. The Morgan fingerprint density at radius 3 is 2.85 bits per heavy atom. The molecule has 0 spiro atoms. The van der Waals surface area contributed by atoms with E-state index in [0.717, 1.165) is 5.75 Å². The number of benzene rings is 1. The smallest absolute Gasteiger partial charge is 0.239 e. The summed E-state index contributed by atoms with van der Waals surface area (Å²) in [5.41, 5.74) is 5.36. The summed E-state index contributed by atoms with van der Waals surface area (Å²) < 4.78 is 5.50. The lowest BCUT2D eigenvalue weighted by molar-refractivity contribution is -0.121. The Morgan fingerprint density at radius 2 is 2.15 bits per heavy atom. The van der Waals surface area contributed by atoms with Crippen LogP contribution in [0.2, 0.25) is 0 Å². The number of nitrogens with two attached hydrogens (primary N) is 1. The number of aromatic nitrogens is 3. The normalized spacial score (nSPS) is 10.2. The Morgan fingerprint density at radius 1 is 1.35 bits per heavy atom. The van der Waals surface area contributed by atoms with Crippen molar-refractivity contribution in [1.82, 2.24) is 20.5 Å². The van der Waals surface area contributed by atoms with E-state index in [1.165, 1.54) is 0 Å². The number of anilines is 1. The summed E-state index contributed by atoms with van der Waals surface area (Å²) in [5.74, 6) is 1.46. The van der Waals surface area contributed by atoms with E-state index in [1.807, 2.05) is 30.3 Å². The lowest BCUT2D eigenvalue weighted by Crippen LogP contribution is -2.23. The quantitative estimate of drug-likeness (QED) is 0.650. The summed E-state index contributed by atoms with van der Waals surface area (Å²) >= 11 is 0. The molecule has 2 rings (SSSR count). The van der Waals surface area contributed by atoms with Crippen LogP contribution in [0, 0.1) is 0 Å². The van der Waals surface area contributed by atoms with Crippen molar-refractivity contribution in [3.63, 3.8) is 0 Å². The van der Waals surface area contributed by atoms with Crippen LogP contribution < -0.4 is 15.8 Å². The molecule has 7 heteroatoms. The number of amides is 1. The van der Waals surface area contributed by atoms with E-state index in [4.69, 9.17) is 10.5 Å². The maximum atomic E-state index is 11.6. The van der Waals surface area contributed by atoms with Gasteiger partial charge in [0.15, 0.2) is 0 Å². The van der Waals surface area contributed by atoms with Crippen LogP contribution in [-0.4, -0.2) is 27.7 Å². The van der Waals surface area contributed by atoms with Gasteiger partial charge in [0.2, 0.25) is 11.9 Å². The number of carbonyl (C=O) groups is 1. The fraction of sp³-hybridized carbons (Fsp3) is 0.308. The molecular weight excluding hydrogens is 258 g/mol. The Kier molecular flexibility index (Phi) is 4.94.